The maximum absolute atomic E-state index is 14.3. The number of rotatable bonds is 8. The molecule has 2 heterocycles. The molecule has 0 spiro atoms. The number of nitro benzene ring substituents is 1. The van der Waals surface area contributed by atoms with Crippen LogP contribution in [0.1, 0.15) is 39.1 Å². The number of hydrogen-bond acceptors (Lipinski definition) is 9. The van der Waals surface area contributed by atoms with Crippen LogP contribution in [0.3, 0.4) is 0 Å². The van der Waals surface area contributed by atoms with Crippen LogP contribution in [0.2, 0.25) is 0 Å². The van der Waals surface area contributed by atoms with Gasteiger partial charge in [-0.25, -0.2) is 9.59 Å². The summed E-state index contributed by atoms with van der Waals surface area (Å²) in [5, 5.41) is 12.5. The molecule has 232 valence electrons. The molecule has 2 aromatic rings. The van der Waals surface area contributed by atoms with Crippen molar-refractivity contribution in [2.45, 2.75) is 25.2 Å². The molecule has 0 saturated heterocycles. The van der Waals surface area contributed by atoms with Gasteiger partial charge in [0, 0.05) is 12.1 Å². The summed E-state index contributed by atoms with van der Waals surface area (Å²) in [5.41, 5.74) is -8.88. The molecule has 0 aromatic heterocycles. The molecule has 0 radical (unpaired) electrons. The summed E-state index contributed by atoms with van der Waals surface area (Å²) in [4.78, 5) is 62.4. The Morgan fingerprint density at radius 2 is 1.41 bits per heavy atom. The minimum absolute atomic E-state index is 0.0250. The van der Waals surface area contributed by atoms with Crippen molar-refractivity contribution in [1.29, 1.82) is 0 Å². The lowest BCUT2D eigenvalue weighted by Gasteiger charge is -2.33. The van der Waals surface area contributed by atoms with Gasteiger partial charge >= 0.3 is 24.3 Å². The maximum atomic E-state index is 14.3. The van der Waals surface area contributed by atoms with E-state index in [4.69, 9.17) is 4.74 Å². The zero-order valence-electron chi connectivity index (χ0n) is 22.2. The Morgan fingerprint density at radius 3 is 1.89 bits per heavy atom. The fourth-order valence-corrected chi connectivity index (χ4v) is 4.69. The monoisotopic (exact) mass is 627 g/mol. The molecule has 1 unspecified atom stereocenters. The van der Waals surface area contributed by atoms with Gasteiger partial charge in [0.1, 0.15) is 18.0 Å². The predicted molar refractivity (Wildman–Crippen MR) is 135 cm³/mol. The maximum Gasteiger partial charge on any atom is 0.431 e. The molecule has 2 aromatic carbocycles. The number of fused-ring (bicyclic) bond motifs is 1. The van der Waals surface area contributed by atoms with Crippen LogP contribution in [0.5, 0.6) is 0 Å². The highest BCUT2D eigenvalue weighted by molar-refractivity contribution is 6.21. The number of amides is 2. The smallest absolute Gasteiger partial charge is 0.431 e. The molecule has 0 aliphatic carbocycles. The van der Waals surface area contributed by atoms with E-state index in [1.165, 1.54) is 31.2 Å². The first kappa shape index (κ1) is 31.7. The van der Waals surface area contributed by atoms with E-state index in [0.717, 1.165) is 23.5 Å². The summed E-state index contributed by atoms with van der Waals surface area (Å²) < 4.78 is 94.8. The molecule has 44 heavy (non-hydrogen) atoms. The first-order valence-electron chi connectivity index (χ1n) is 12.5. The Kier molecular flexibility index (Phi) is 8.51. The van der Waals surface area contributed by atoms with Crippen molar-refractivity contribution in [3.05, 3.63) is 97.9 Å². The lowest BCUT2D eigenvalue weighted by atomic mass is 9.79. The number of carbonyl (C=O) groups is 4. The predicted octanol–water partition coefficient (Wildman–Crippen LogP) is 4.32. The number of esters is 2. The second-order valence-electron chi connectivity index (χ2n) is 9.15. The van der Waals surface area contributed by atoms with Gasteiger partial charge in [0.2, 0.25) is 0 Å². The summed E-state index contributed by atoms with van der Waals surface area (Å²) in [7, 11) is 0. The second-order valence-corrected chi connectivity index (χ2v) is 9.15. The lowest BCUT2D eigenvalue weighted by molar-refractivity contribution is -0.384. The first-order valence-corrected chi connectivity index (χ1v) is 12.5. The quantitative estimate of drug-likeness (QED) is 0.149. The fraction of sp³-hybridized carbons (Fsp3) is 0.259. The number of nitro groups is 1. The van der Waals surface area contributed by atoms with E-state index < -0.39 is 100 Å². The third kappa shape index (κ3) is 5.97. The van der Waals surface area contributed by atoms with Crippen molar-refractivity contribution in [2.75, 3.05) is 19.8 Å². The highest BCUT2D eigenvalue weighted by Gasteiger charge is 2.53. The Bertz CT molecular complexity index is 1590. The summed E-state index contributed by atoms with van der Waals surface area (Å²) in [6, 6.07) is 8.96. The third-order valence-electron chi connectivity index (χ3n) is 6.49. The van der Waals surface area contributed by atoms with Crippen molar-refractivity contribution in [3.8, 4) is 0 Å². The van der Waals surface area contributed by atoms with E-state index in [9.17, 15) is 55.6 Å². The molecule has 2 amide bonds. The third-order valence-corrected chi connectivity index (χ3v) is 6.49. The molecule has 0 saturated carbocycles. The number of non-ortho nitro benzene ring substituents is 1. The summed E-state index contributed by atoms with van der Waals surface area (Å²) >= 11 is 0. The Labute approximate surface area is 242 Å². The van der Waals surface area contributed by atoms with E-state index in [1.807, 2.05) is 0 Å². The van der Waals surface area contributed by atoms with Crippen LogP contribution in [-0.2, 0) is 19.1 Å². The van der Waals surface area contributed by atoms with E-state index in [-0.39, 0.29) is 11.1 Å². The summed E-state index contributed by atoms with van der Waals surface area (Å²) in [5.74, 6) is -7.74. The molecule has 11 nitrogen and oxygen atoms in total. The number of halogens is 6. The topological polar surface area (TPSA) is 145 Å². The zero-order chi connectivity index (χ0) is 32.6. The van der Waals surface area contributed by atoms with Crippen molar-refractivity contribution < 1.29 is 59.9 Å². The summed E-state index contributed by atoms with van der Waals surface area (Å²) in [6.07, 6.45) is -11.3. The number of hydrogen-bond donors (Lipinski definition) is 1. The van der Waals surface area contributed by atoms with Crippen LogP contribution in [-0.4, -0.2) is 65.7 Å². The van der Waals surface area contributed by atoms with Crippen LogP contribution in [0.15, 0.2) is 71.1 Å². The molecule has 0 fully saturated rings. The van der Waals surface area contributed by atoms with Crippen LogP contribution in [0, 0.1) is 10.1 Å². The largest absolute Gasteiger partial charge is 0.463 e. The molecule has 2 aliphatic rings. The van der Waals surface area contributed by atoms with Gasteiger partial charge < -0.3 is 14.8 Å². The molecule has 1 atom stereocenters. The number of alkyl halides is 6. The highest BCUT2D eigenvalue weighted by Crippen LogP contribution is 2.47. The normalized spacial score (nSPS) is 17.0. The summed E-state index contributed by atoms with van der Waals surface area (Å²) in [6.45, 7) is -0.859. The van der Waals surface area contributed by atoms with Crippen molar-refractivity contribution >= 4 is 29.4 Å². The van der Waals surface area contributed by atoms with E-state index >= 15 is 0 Å². The number of nitrogens with one attached hydrogen (secondary N) is 1. The molecular weight excluding hydrogens is 608 g/mol. The Balaban J connectivity index is 1.80. The van der Waals surface area contributed by atoms with Crippen LogP contribution in [0.25, 0.3) is 0 Å². The molecule has 4 rings (SSSR count). The number of dihydropyridines is 1. The Morgan fingerprint density at radius 1 is 0.886 bits per heavy atom. The SMILES string of the molecule is CCOC(=O)C1=C(C(F)(F)F)NC(C(F)(F)F)=C(C(=O)OCCN2C(=O)c3ccccc3C2=O)C1c1cccc([N+](=O)[O-])c1. The minimum Gasteiger partial charge on any atom is -0.463 e. The van der Waals surface area contributed by atoms with Gasteiger partial charge in [-0.2, -0.15) is 26.3 Å². The number of nitrogens with zero attached hydrogens (tertiary/aromatic N) is 2. The van der Waals surface area contributed by atoms with Crippen LogP contribution >= 0.6 is 0 Å². The Hall–Kier alpha value is -5.22. The molecule has 2 aliphatic heterocycles. The van der Waals surface area contributed by atoms with Gasteiger partial charge in [-0.05, 0) is 24.6 Å². The fourth-order valence-electron chi connectivity index (χ4n) is 4.69. The molecule has 0 bridgehead atoms. The number of imide groups is 1. The standard InChI is InChI=1S/C27H19F6N3O8/c1-2-43-24(39)18-17(13-6-5-7-14(12-13)36(41)42)19(21(27(31,32)33)34-20(18)26(28,29)30)25(40)44-11-10-35-22(37)15-8-3-4-9-16(15)23(35)38/h3-9,12,17,34H,2,10-11H2,1H3. The van der Waals surface area contributed by atoms with Gasteiger partial charge in [0.15, 0.2) is 0 Å². The molecular formula is C27H19F6N3O8. The van der Waals surface area contributed by atoms with E-state index in [2.05, 4.69) is 4.74 Å². The highest BCUT2D eigenvalue weighted by atomic mass is 19.4. The first-order chi connectivity index (χ1) is 20.6. The van der Waals surface area contributed by atoms with Crippen LogP contribution < -0.4 is 5.32 Å². The number of benzene rings is 2. The van der Waals surface area contributed by atoms with E-state index in [0.29, 0.717) is 11.0 Å². The zero-order valence-corrected chi connectivity index (χ0v) is 22.2. The lowest BCUT2D eigenvalue weighted by Crippen LogP contribution is -2.43. The van der Waals surface area contributed by atoms with Crippen molar-refractivity contribution in [1.82, 2.24) is 10.2 Å². The minimum atomic E-state index is -5.67. The number of allylic oxidation sites excluding steroid dienone is 2. The molecule has 1 N–H and O–H groups in total. The van der Waals surface area contributed by atoms with Crippen molar-refractivity contribution in [2.24, 2.45) is 0 Å². The van der Waals surface area contributed by atoms with Crippen molar-refractivity contribution in [3.63, 3.8) is 0 Å². The second kappa shape index (κ2) is 11.8. The number of carbonyl (C=O) groups excluding carboxylic acids is 4. The van der Waals surface area contributed by atoms with Gasteiger partial charge in [-0.15, -0.1) is 0 Å². The van der Waals surface area contributed by atoms with Gasteiger partial charge in [-0.1, -0.05) is 24.3 Å². The van der Waals surface area contributed by atoms with E-state index in [1.54, 1.807) is 0 Å². The van der Waals surface area contributed by atoms with Gasteiger partial charge in [-0.3, -0.25) is 24.6 Å². The van der Waals surface area contributed by atoms with Gasteiger partial charge in [0.05, 0.1) is 46.3 Å². The van der Waals surface area contributed by atoms with Crippen LogP contribution in [0.4, 0.5) is 32.0 Å². The average molecular weight is 627 g/mol. The van der Waals surface area contributed by atoms with Gasteiger partial charge in [0.25, 0.3) is 17.5 Å². The molecule has 17 heteroatoms. The number of ether oxygens (including phenoxy) is 2. The average Bonchev–Trinajstić information content (AvgIpc) is 3.20.